The maximum atomic E-state index is 10.8. The molecule has 0 aliphatic rings. The SMILES string of the molecule is CCCC(OC)c1noc(-c2cc([N+](=O)[O-])ccc2N)n1. The summed E-state index contributed by atoms with van der Waals surface area (Å²) >= 11 is 0. The molecular formula is C13H16N4O4. The van der Waals surface area contributed by atoms with Gasteiger partial charge in [-0.25, -0.2) is 0 Å². The van der Waals surface area contributed by atoms with E-state index in [0.29, 0.717) is 17.1 Å². The molecule has 8 nitrogen and oxygen atoms in total. The highest BCUT2D eigenvalue weighted by molar-refractivity contribution is 5.73. The zero-order chi connectivity index (χ0) is 15.4. The third kappa shape index (κ3) is 3.16. The number of nitrogens with zero attached hydrogens (tertiary/aromatic N) is 3. The second kappa shape index (κ2) is 6.31. The molecule has 8 heteroatoms. The number of methoxy groups -OCH3 is 1. The van der Waals surface area contributed by atoms with Crippen molar-refractivity contribution >= 4 is 11.4 Å². The first-order valence-electron chi connectivity index (χ1n) is 6.47. The lowest BCUT2D eigenvalue weighted by atomic mass is 10.1. The number of nitro groups is 1. The zero-order valence-electron chi connectivity index (χ0n) is 11.8. The fourth-order valence-electron chi connectivity index (χ4n) is 1.93. The van der Waals surface area contributed by atoms with Crippen molar-refractivity contribution < 1.29 is 14.2 Å². The highest BCUT2D eigenvalue weighted by Crippen LogP contribution is 2.30. The van der Waals surface area contributed by atoms with Gasteiger partial charge < -0.3 is 15.0 Å². The molecule has 0 radical (unpaired) electrons. The molecule has 2 rings (SSSR count). The van der Waals surface area contributed by atoms with Gasteiger partial charge in [0.1, 0.15) is 6.10 Å². The standard InChI is InChI=1S/C13H16N4O4/c1-3-4-11(20-2)12-15-13(21-16-12)9-7-8(17(18)19)5-6-10(9)14/h5-7,11H,3-4,14H2,1-2H3. The largest absolute Gasteiger partial charge is 0.398 e. The Morgan fingerprint density at radius 1 is 1.52 bits per heavy atom. The summed E-state index contributed by atoms with van der Waals surface area (Å²) in [6.07, 6.45) is 1.38. The maximum Gasteiger partial charge on any atom is 0.270 e. The van der Waals surface area contributed by atoms with Crippen molar-refractivity contribution in [2.24, 2.45) is 0 Å². The molecule has 1 atom stereocenters. The molecule has 0 aliphatic carbocycles. The van der Waals surface area contributed by atoms with Crippen molar-refractivity contribution in [3.05, 3.63) is 34.1 Å². The molecular weight excluding hydrogens is 276 g/mol. The van der Waals surface area contributed by atoms with Gasteiger partial charge in [-0.05, 0) is 12.5 Å². The Morgan fingerprint density at radius 3 is 2.90 bits per heavy atom. The van der Waals surface area contributed by atoms with E-state index < -0.39 is 4.92 Å². The van der Waals surface area contributed by atoms with Gasteiger partial charge in [0.15, 0.2) is 0 Å². The van der Waals surface area contributed by atoms with Gasteiger partial charge in [0.25, 0.3) is 11.6 Å². The van der Waals surface area contributed by atoms with Gasteiger partial charge in [-0.3, -0.25) is 10.1 Å². The number of nitro benzene ring substituents is 1. The second-order valence-electron chi connectivity index (χ2n) is 4.50. The van der Waals surface area contributed by atoms with Gasteiger partial charge >= 0.3 is 0 Å². The monoisotopic (exact) mass is 292 g/mol. The van der Waals surface area contributed by atoms with Crippen LogP contribution in [0.5, 0.6) is 0 Å². The minimum absolute atomic E-state index is 0.0872. The molecule has 1 aromatic heterocycles. The van der Waals surface area contributed by atoms with Gasteiger partial charge in [-0.2, -0.15) is 4.98 Å². The summed E-state index contributed by atoms with van der Waals surface area (Å²) in [5.74, 6) is 0.546. The Kier molecular flexibility index (Phi) is 4.49. The van der Waals surface area contributed by atoms with Crippen LogP contribution in [0.1, 0.15) is 31.7 Å². The molecule has 2 aromatic rings. The average molecular weight is 292 g/mol. The second-order valence-corrected chi connectivity index (χ2v) is 4.50. The highest BCUT2D eigenvalue weighted by atomic mass is 16.6. The van der Waals surface area contributed by atoms with E-state index >= 15 is 0 Å². The third-order valence-corrected chi connectivity index (χ3v) is 3.04. The van der Waals surface area contributed by atoms with Crippen LogP contribution in [0.2, 0.25) is 0 Å². The van der Waals surface area contributed by atoms with Crippen LogP contribution in [-0.4, -0.2) is 22.2 Å². The molecule has 112 valence electrons. The van der Waals surface area contributed by atoms with Crippen LogP contribution in [0, 0.1) is 10.1 Å². The number of non-ortho nitro benzene ring substituents is 1. The Hall–Kier alpha value is -2.48. The Balaban J connectivity index is 2.37. The summed E-state index contributed by atoms with van der Waals surface area (Å²) in [4.78, 5) is 14.5. The number of aromatic nitrogens is 2. The Labute approximate surface area is 121 Å². The Bertz CT molecular complexity index is 641. The maximum absolute atomic E-state index is 10.8. The van der Waals surface area contributed by atoms with E-state index in [0.717, 1.165) is 12.8 Å². The number of rotatable bonds is 6. The minimum Gasteiger partial charge on any atom is -0.398 e. The van der Waals surface area contributed by atoms with Crippen LogP contribution in [0.25, 0.3) is 11.5 Å². The van der Waals surface area contributed by atoms with Crippen molar-refractivity contribution in [1.82, 2.24) is 10.1 Å². The molecule has 0 saturated carbocycles. The highest BCUT2D eigenvalue weighted by Gasteiger charge is 2.20. The first-order valence-corrected chi connectivity index (χ1v) is 6.47. The summed E-state index contributed by atoms with van der Waals surface area (Å²) in [5, 5.41) is 14.7. The third-order valence-electron chi connectivity index (χ3n) is 3.04. The zero-order valence-corrected chi connectivity index (χ0v) is 11.8. The number of anilines is 1. The van der Waals surface area contributed by atoms with Crippen LogP contribution in [0.4, 0.5) is 11.4 Å². The molecule has 1 heterocycles. The molecule has 1 unspecified atom stereocenters. The predicted octanol–water partition coefficient (Wildman–Crippen LogP) is 2.71. The average Bonchev–Trinajstić information content (AvgIpc) is 2.94. The van der Waals surface area contributed by atoms with Crippen molar-refractivity contribution in [1.29, 1.82) is 0 Å². The van der Waals surface area contributed by atoms with E-state index in [2.05, 4.69) is 10.1 Å². The number of benzene rings is 1. The topological polar surface area (TPSA) is 117 Å². The summed E-state index contributed by atoms with van der Waals surface area (Å²) in [7, 11) is 1.57. The normalized spacial score (nSPS) is 12.3. The number of nitrogen functional groups attached to an aromatic ring is 1. The van der Waals surface area contributed by atoms with Crippen LogP contribution < -0.4 is 5.73 Å². The van der Waals surface area contributed by atoms with Crippen molar-refractivity contribution in [3.63, 3.8) is 0 Å². The van der Waals surface area contributed by atoms with Crippen molar-refractivity contribution in [2.75, 3.05) is 12.8 Å². The number of nitrogens with two attached hydrogens (primary N) is 1. The van der Waals surface area contributed by atoms with Gasteiger partial charge in [-0.1, -0.05) is 18.5 Å². The fraction of sp³-hybridized carbons (Fsp3) is 0.385. The van der Waals surface area contributed by atoms with Crippen LogP contribution in [0.3, 0.4) is 0 Å². The fourth-order valence-corrected chi connectivity index (χ4v) is 1.93. The number of hydrogen-bond donors (Lipinski definition) is 1. The van der Waals surface area contributed by atoms with Gasteiger partial charge in [0.2, 0.25) is 5.82 Å². The molecule has 0 amide bonds. The predicted molar refractivity (Wildman–Crippen MR) is 75.5 cm³/mol. The molecule has 2 N–H and O–H groups in total. The van der Waals surface area contributed by atoms with Crippen LogP contribution >= 0.6 is 0 Å². The first kappa shape index (κ1) is 14.9. The Morgan fingerprint density at radius 2 is 2.29 bits per heavy atom. The lowest BCUT2D eigenvalue weighted by Gasteiger charge is -2.08. The minimum atomic E-state index is -0.505. The van der Waals surface area contributed by atoms with Crippen molar-refractivity contribution in [3.8, 4) is 11.5 Å². The number of hydrogen-bond acceptors (Lipinski definition) is 7. The van der Waals surface area contributed by atoms with E-state index in [-0.39, 0.29) is 17.7 Å². The van der Waals surface area contributed by atoms with E-state index in [4.69, 9.17) is 15.0 Å². The van der Waals surface area contributed by atoms with Gasteiger partial charge in [-0.15, -0.1) is 0 Å². The van der Waals surface area contributed by atoms with E-state index in [9.17, 15) is 10.1 Å². The van der Waals surface area contributed by atoms with Crippen LogP contribution in [0.15, 0.2) is 22.7 Å². The molecule has 0 bridgehead atoms. The summed E-state index contributed by atoms with van der Waals surface area (Å²) in [5.41, 5.74) is 6.40. The van der Waals surface area contributed by atoms with Gasteiger partial charge in [0.05, 0.1) is 10.5 Å². The molecule has 0 spiro atoms. The summed E-state index contributed by atoms with van der Waals surface area (Å²) in [6.45, 7) is 2.02. The summed E-state index contributed by atoms with van der Waals surface area (Å²) in [6, 6.07) is 4.08. The van der Waals surface area contributed by atoms with Crippen molar-refractivity contribution in [2.45, 2.75) is 25.9 Å². The van der Waals surface area contributed by atoms with Crippen LogP contribution in [-0.2, 0) is 4.74 Å². The quantitative estimate of drug-likeness (QED) is 0.494. The molecule has 21 heavy (non-hydrogen) atoms. The molecule has 1 aromatic carbocycles. The van der Waals surface area contributed by atoms with Gasteiger partial charge in [0, 0.05) is 24.9 Å². The molecule has 0 saturated heterocycles. The van der Waals surface area contributed by atoms with E-state index in [1.807, 2.05) is 6.92 Å². The lowest BCUT2D eigenvalue weighted by molar-refractivity contribution is -0.384. The molecule has 0 aliphatic heterocycles. The number of ether oxygens (including phenoxy) is 1. The van der Waals surface area contributed by atoms with E-state index in [1.165, 1.54) is 18.2 Å². The molecule has 0 fully saturated rings. The smallest absolute Gasteiger partial charge is 0.270 e. The summed E-state index contributed by atoms with van der Waals surface area (Å²) < 4.78 is 10.4. The first-order chi connectivity index (χ1) is 10.1. The van der Waals surface area contributed by atoms with E-state index in [1.54, 1.807) is 7.11 Å². The lowest BCUT2D eigenvalue weighted by Crippen LogP contribution is -2.03.